The van der Waals surface area contributed by atoms with E-state index < -0.39 is 0 Å². The number of rotatable bonds is 11. The minimum Gasteiger partial charge on any atom is -0.508 e. The molecule has 0 aromatic heterocycles. The molecule has 0 aliphatic rings. The summed E-state index contributed by atoms with van der Waals surface area (Å²) in [6.45, 7) is 0.340. The normalized spacial score (nSPS) is 10.8. The Morgan fingerprint density at radius 2 is 1.21 bits per heavy atom. The van der Waals surface area contributed by atoms with Crippen molar-refractivity contribution >= 4 is 0 Å². The van der Waals surface area contributed by atoms with E-state index in [1.165, 1.54) is 51.4 Å². The average molecular weight is 264 g/mol. The van der Waals surface area contributed by atoms with E-state index in [1.807, 2.05) is 18.2 Å². The molecule has 0 saturated carbocycles. The molecular formula is C17H28O2. The van der Waals surface area contributed by atoms with Crippen molar-refractivity contribution in [3.05, 3.63) is 29.8 Å². The number of aryl methyl sites for hydroxylation is 1. The Bertz CT molecular complexity index is 323. The zero-order valence-electron chi connectivity index (χ0n) is 12.0. The fourth-order valence-corrected chi connectivity index (χ4v) is 2.39. The molecule has 2 heteroatoms. The van der Waals surface area contributed by atoms with Crippen LogP contribution in [0.3, 0.4) is 0 Å². The fraction of sp³-hybridized carbons (Fsp3) is 0.647. The number of aromatic hydroxyl groups is 1. The number of hydrogen-bond donors (Lipinski definition) is 2. The highest BCUT2D eigenvalue weighted by molar-refractivity contribution is 5.31. The van der Waals surface area contributed by atoms with Crippen LogP contribution in [0, 0.1) is 0 Å². The number of unbranched alkanes of at least 4 members (excludes halogenated alkanes) is 8. The third-order valence-electron chi connectivity index (χ3n) is 3.60. The molecule has 0 unspecified atom stereocenters. The topological polar surface area (TPSA) is 40.5 Å². The van der Waals surface area contributed by atoms with Crippen molar-refractivity contribution < 1.29 is 10.2 Å². The lowest BCUT2D eigenvalue weighted by molar-refractivity contribution is 0.282. The summed E-state index contributed by atoms with van der Waals surface area (Å²) >= 11 is 0. The monoisotopic (exact) mass is 264 g/mol. The van der Waals surface area contributed by atoms with Crippen LogP contribution >= 0.6 is 0 Å². The van der Waals surface area contributed by atoms with Gasteiger partial charge in [-0.25, -0.2) is 0 Å². The summed E-state index contributed by atoms with van der Waals surface area (Å²) in [5.74, 6) is 0.436. The van der Waals surface area contributed by atoms with Gasteiger partial charge >= 0.3 is 0 Å². The second-order valence-corrected chi connectivity index (χ2v) is 5.28. The minimum absolute atomic E-state index is 0.340. The molecule has 0 atom stereocenters. The lowest BCUT2D eigenvalue weighted by atomic mass is 10.0. The molecular weight excluding hydrogens is 236 g/mol. The van der Waals surface area contributed by atoms with E-state index in [0.29, 0.717) is 12.4 Å². The molecule has 0 bridgehead atoms. The Balaban J connectivity index is 1.90. The molecule has 0 fully saturated rings. The fourth-order valence-electron chi connectivity index (χ4n) is 2.39. The van der Waals surface area contributed by atoms with Crippen molar-refractivity contribution in [3.63, 3.8) is 0 Å². The van der Waals surface area contributed by atoms with Gasteiger partial charge in [0.1, 0.15) is 5.75 Å². The highest BCUT2D eigenvalue weighted by Crippen LogP contribution is 2.19. The number of aliphatic hydroxyl groups is 1. The Morgan fingerprint density at radius 3 is 1.79 bits per heavy atom. The van der Waals surface area contributed by atoms with E-state index in [2.05, 4.69) is 0 Å². The molecule has 0 amide bonds. The standard InChI is InChI=1S/C17H28O2/c18-15-11-7-5-3-1-2-4-6-8-12-16-13-9-10-14-17(16)19/h9-10,13-14,18-19H,1-8,11-12,15H2. The van der Waals surface area contributed by atoms with Gasteiger partial charge in [0.15, 0.2) is 0 Å². The van der Waals surface area contributed by atoms with E-state index in [1.54, 1.807) is 6.07 Å². The number of para-hydroxylation sites is 1. The molecule has 19 heavy (non-hydrogen) atoms. The zero-order chi connectivity index (χ0) is 13.8. The molecule has 0 radical (unpaired) electrons. The van der Waals surface area contributed by atoms with Crippen molar-refractivity contribution in [2.75, 3.05) is 6.61 Å². The van der Waals surface area contributed by atoms with E-state index in [4.69, 9.17) is 5.11 Å². The molecule has 0 saturated heterocycles. The maximum atomic E-state index is 9.64. The van der Waals surface area contributed by atoms with Gasteiger partial charge in [0.2, 0.25) is 0 Å². The molecule has 2 N–H and O–H groups in total. The van der Waals surface area contributed by atoms with Crippen LogP contribution in [-0.2, 0) is 6.42 Å². The van der Waals surface area contributed by atoms with Crippen molar-refractivity contribution in [2.45, 2.75) is 64.2 Å². The number of aliphatic hydroxyl groups excluding tert-OH is 1. The van der Waals surface area contributed by atoms with Crippen LogP contribution in [0.2, 0.25) is 0 Å². The van der Waals surface area contributed by atoms with Crippen molar-refractivity contribution in [1.82, 2.24) is 0 Å². The Morgan fingerprint density at radius 1 is 0.684 bits per heavy atom. The molecule has 108 valence electrons. The summed E-state index contributed by atoms with van der Waals surface area (Å²) in [6, 6.07) is 7.63. The zero-order valence-corrected chi connectivity index (χ0v) is 12.0. The van der Waals surface area contributed by atoms with E-state index in [9.17, 15) is 5.11 Å². The Kier molecular flexibility index (Phi) is 9.17. The first-order chi connectivity index (χ1) is 9.34. The SMILES string of the molecule is OCCCCCCCCCCCc1ccccc1O. The summed E-state index contributed by atoms with van der Waals surface area (Å²) in [6.07, 6.45) is 12.0. The third-order valence-corrected chi connectivity index (χ3v) is 3.60. The second-order valence-electron chi connectivity index (χ2n) is 5.28. The molecule has 0 aliphatic heterocycles. The smallest absolute Gasteiger partial charge is 0.118 e. The second kappa shape index (κ2) is 10.9. The first-order valence-corrected chi connectivity index (χ1v) is 7.72. The molecule has 1 aromatic carbocycles. The number of hydrogen-bond acceptors (Lipinski definition) is 2. The van der Waals surface area contributed by atoms with Crippen LogP contribution in [0.5, 0.6) is 5.75 Å². The van der Waals surface area contributed by atoms with Gasteiger partial charge < -0.3 is 10.2 Å². The van der Waals surface area contributed by atoms with Gasteiger partial charge in [-0.2, -0.15) is 0 Å². The van der Waals surface area contributed by atoms with Gasteiger partial charge in [0, 0.05) is 6.61 Å². The third kappa shape index (κ3) is 7.89. The van der Waals surface area contributed by atoms with Crippen LogP contribution in [0.4, 0.5) is 0 Å². The van der Waals surface area contributed by atoms with Gasteiger partial charge in [-0.1, -0.05) is 63.1 Å². The van der Waals surface area contributed by atoms with Crippen molar-refractivity contribution in [2.24, 2.45) is 0 Å². The molecule has 0 spiro atoms. The largest absolute Gasteiger partial charge is 0.508 e. The van der Waals surface area contributed by atoms with E-state index in [-0.39, 0.29) is 0 Å². The summed E-state index contributed by atoms with van der Waals surface area (Å²) < 4.78 is 0. The predicted octanol–water partition coefficient (Wildman–Crippen LogP) is 4.44. The molecule has 1 rings (SSSR count). The van der Waals surface area contributed by atoms with Crippen LogP contribution in [0.25, 0.3) is 0 Å². The first-order valence-electron chi connectivity index (χ1n) is 7.72. The van der Waals surface area contributed by atoms with Gasteiger partial charge in [-0.3, -0.25) is 0 Å². The first kappa shape index (κ1) is 16.0. The van der Waals surface area contributed by atoms with Gasteiger partial charge in [0.25, 0.3) is 0 Å². The van der Waals surface area contributed by atoms with Crippen molar-refractivity contribution in [1.29, 1.82) is 0 Å². The van der Waals surface area contributed by atoms with Crippen LogP contribution in [-0.4, -0.2) is 16.8 Å². The Labute approximate surface area is 117 Å². The van der Waals surface area contributed by atoms with Crippen molar-refractivity contribution in [3.8, 4) is 5.75 Å². The lowest BCUT2D eigenvalue weighted by Gasteiger charge is -2.04. The molecule has 2 nitrogen and oxygen atoms in total. The molecule has 0 heterocycles. The summed E-state index contributed by atoms with van der Waals surface area (Å²) in [5, 5.41) is 18.3. The van der Waals surface area contributed by atoms with Crippen LogP contribution in [0.15, 0.2) is 24.3 Å². The highest BCUT2D eigenvalue weighted by Gasteiger charge is 1.99. The van der Waals surface area contributed by atoms with Gasteiger partial charge in [0.05, 0.1) is 0 Å². The average Bonchev–Trinajstić information content (AvgIpc) is 2.43. The predicted molar refractivity (Wildman–Crippen MR) is 80.4 cm³/mol. The highest BCUT2D eigenvalue weighted by atomic mass is 16.3. The quantitative estimate of drug-likeness (QED) is 0.580. The Hall–Kier alpha value is -1.02. The molecule has 0 aliphatic carbocycles. The van der Waals surface area contributed by atoms with E-state index >= 15 is 0 Å². The summed E-state index contributed by atoms with van der Waals surface area (Å²) in [7, 11) is 0. The maximum absolute atomic E-state index is 9.64. The number of phenols is 1. The number of benzene rings is 1. The van der Waals surface area contributed by atoms with Crippen LogP contribution < -0.4 is 0 Å². The maximum Gasteiger partial charge on any atom is 0.118 e. The lowest BCUT2D eigenvalue weighted by Crippen LogP contribution is -1.87. The van der Waals surface area contributed by atoms with Gasteiger partial charge in [-0.05, 0) is 30.9 Å². The summed E-state index contributed by atoms with van der Waals surface area (Å²) in [5.41, 5.74) is 1.08. The molecule has 1 aromatic rings. The summed E-state index contributed by atoms with van der Waals surface area (Å²) in [4.78, 5) is 0. The van der Waals surface area contributed by atoms with Crippen LogP contribution in [0.1, 0.15) is 63.4 Å². The van der Waals surface area contributed by atoms with E-state index in [0.717, 1.165) is 18.4 Å². The van der Waals surface area contributed by atoms with Gasteiger partial charge in [-0.15, -0.1) is 0 Å². The minimum atomic E-state index is 0.340. The number of phenolic OH excluding ortho intramolecular Hbond substituents is 1.